The number of hydrogen-bond acceptors (Lipinski definition) is 3. The summed E-state index contributed by atoms with van der Waals surface area (Å²) in [6, 6.07) is 28.2. The van der Waals surface area contributed by atoms with Crippen LogP contribution in [0, 0.1) is 0 Å². The van der Waals surface area contributed by atoms with E-state index in [1.165, 1.54) is 58.4 Å². The lowest BCUT2D eigenvalue weighted by molar-refractivity contribution is 1.37. The lowest BCUT2D eigenvalue weighted by Crippen LogP contribution is -1.83. The zero-order valence-electron chi connectivity index (χ0n) is 16.9. The smallest absolute Gasteiger partial charge is 0.109 e. The second-order valence-corrected chi connectivity index (χ2v) is 9.35. The Morgan fingerprint density at radius 3 is 2.31 bits per heavy atom. The Kier molecular flexibility index (Phi) is 3.02. The van der Waals surface area contributed by atoms with Crippen LogP contribution in [-0.2, 0) is 0 Å². The van der Waals surface area contributed by atoms with E-state index in [0.717, 1.165) is 11.2 Å². The quantitative estimate of drug-likeness (QED) is 0.270. The standard InChI is InChI=1S/C28H15N3S/c1-2-7-18-14-23-22(13-17(18)6-1)26-27-20(10-12-30-26)21-15-24(32-28(21)31(23)27)25-19-8-4-3-5-16(19)9-11-29-25/h1-15H. The zero-order valence-corrected chi connectivity index (χ0v) is 17.7. The topological polar surface area (TPSA) is 30.2 Å². The molecule has 5 aromatic heterocycles. The van der Waals surface area contributed by atoms with Crippen LogP contribution in [-0.4, -0.2) is 14.4 Å². The van der Waals surface area contributed by atoms with Gasteiger partial charge in [-0.05, 0) is 46.5 Å². The lowest BCUT2D eigenvalue weighted by Gasteiger charge is -2.03. The maximum atomic E-state index is 4.79. The monoisotopic (exact) mass is 425 g/mol. The van der Waals surface area contributed by atoms with E-state index in [9.17, 15) is 0 Å². The van der Waals surface area contributed by atoms with Crippen molar-refractivity contribution >= 4 is 70.4 Å². The van der Waals surface area contributed by atoms with Crippen molar-refractivity contribution in [3.63, 3.8) is 0 Å². The van der Waals surface area contributed by atoms with Crippen LogP contribution in [0.4, 0.5) is 0 Å². The van der Waals surface area contributed by atoms with E-state index >= 15 is 0 Å². The Morgan fingerprint density at radius 1 is 0.625 bits per heavy atom. The van der Waals surface area contributed by atoms with Gasteiger partial charge in [-0.1, -0.05) is 48.5 Å². The van der Waals surface area contributed by atoms with Crippen LogP contribution < -0.4 is 0 Å². The van der Waals surface area contributed by atoms with Crippen molar-refractivity contribution in [2.45, 2.75) is 0 Å². The third-order valence-electron chi connectivity index (χ3n) is 6.62. The first-order chi connectivity index (χ1) is 15.9. The second kappa shape index (κ2) is 5.81. The fraction of sp³-hybridized carbons (Fsp3) is 0. The van der Waals surface area contributed by atoms with Gasteiger partial charge in [-0.2, -0.15) is 0 Å². The molecule has 0 fully saturated rings. The maximum Gasteiger partial charge on any atom is 0.109 e. The van der Waals surface area contributed by atoms with Crippen LogP contribution >= 0.6 is 11.3 Å². The maximum absolute atomic E-state index is 4.79. The summed E-state index contributed by atoms with van der Waals surface area (Å²) in [6.45, 7) is 0. The molecular formula is C28H15N3S. The highest BCUT2D eigenvalue weighted by Gasteiger charge is 2.21. The highest BCUT2D eigenvalue weighted by atomic mass is 32.1. The van der Waals surface area contributed by atoms with Gasteiger partial charge < -0.3 is 0 Å². The molecule has 0 saturated heterocycles. The highest BCUT2D eigenvalue weighted by Crippen LogP contribution is 2.44. The summed E-state index contributed by atoms with van der Waals surface area (Å²) in [5.41, 5.74) is 4.57. The van der Waals surface area contributed by atoms with E-state index < -0.39 is 0 Å². The summed E-state index contributed by atoms with van der Waals surface area (Å²) in [7, 11) is 0. The van der Waals surface area contributed by atoms with Crippen molar-refractivity contribution < 1.29 is 0 Å². The molecule has 3 aromatic carbocycles. The van der Waals surface area contributed by atoms with Crippen LogP contribution in [0.1, 0.15) is 0 Å². The molecule has 0 saturated carbocycles. The van der Waals surface area contributed by atoms with Gasteiger partial charge in [0.2, 0.25) is 0 Å². The van der Waals surface area contributed by atoms with Crippen LogP contribution in [0.25, 0.3) is 69.7 Å². The molecular weight excluding hydrogens is 410 g/mol. The van der Waals surface area contributed by atoms with E-state index in [2.05, 4.69) is 83.3 Å². The molecule has 8 aromatic rings. The Balaban J connectivity index is 1.54. The number of rotatable bonds is 1. The Hall–Kier alpha value is -4.02. The van der Waals surface area contributed by atoms with Gasteiger partial charge in [0.15, 0.2) is 0 Å². The molecule has 0 radical (unpaired) electrons. The molecule has 0 aliphatic rings. The average molecular weight is 426 g/mol. The molecule has 0 aliphatic heterocycles. The molecule has 0 atom stereocenters. The van der Waals surface area contributed by atoms with Crippen LogP contribution in [0.15, 0.2) is 91.3 Å². The first kappa shape index (κ1) is 16.6. The van der Waals surface area contributed by atoms with Gasteiger partial charge in [0.25, 0.3) is 0 Å². The summed E-state index contributed by atoms with van der Waals surface area (Å²) in [5, 5.41) is 8.66. The fourth-order valence-electron chi connectivity index (χ4n) is 5.20. The summed E-state index contributed by atoms with van der Waals surface area (Å²) >= 11 is 1.82. The molecule has 0 spiro atoms. The van der Waals surface area contributed by atoms with Gasteiger partial charge in [-0.15, -0.1) is 11.3 Å². The first-order valence-corrected chi connectivity index (χ1v) is 11.5. The number of fused-ring (bicyclic) bond motifs is 8. The van der Waals surface area contributed by atoms with Crippen molar-refractivity contribution in [1.29, 1.82) is 0 Å². The molecule has 0 bridgehead atoms. The highest BCUT2D eigenvalue weighted by molar-refractivity contribution is 7.22. The summed E-state index contributed by atoms with van der Waals surface area (Å²) in [4.78, 5) is 12.0. The molecule has 0 aliphatic carbocycles. The number of aromatic nitrogens is 3. The van der Waals surface area contributed by atoms with Gasteiger partial charge in [-0.25, -0.2) is 0 Å². The molecule has 148 valence electrons. The Bertz CT molecular complexity index is 1990. The zero-order chi connectivity index (χ0) is 20.8. The molecule has 0 N–H and O–H groups in total. The Morgan fingerprint density at radius 2 is 1.41 bits per heavy atom. The molecule has 0 unspecified atom stereocenters. The largest absolute Gasteiger partial charge is 0.298 e. The van der Waals surface area contributed by atoms with E-state index in [1.54, 1.807) is 0 Å². The summed E-state index contributed by atoms with van der Waals surface area (Å²) in [6.07, 6.45) is 3.86. The minimum atomic E-state index is 1.05. The van der Waals surface area contributed by atoms with Gasteiger partial charge >= 0.3 is 0 Å². The summed E-state index contributed by atoms with van der Waals surface area (Å²) in [5.74, 6) is 0. The number of nitrogens with zero attached hydrogens (tertiary/aromatic N) is 3. The van der Waals surface area contributed by atoms with Crippen molar-refractivity contribution in [2.75, 3.05) is 0 Å². The van der Waals surface area contributed by atoms with E-state index in [-0.39, 0.29) is 0 Å². The lowest BCUT2D eigenvalue weighted by atomic mass is 10.1. The second-order valence-electron chi connectivity index (χ2n) is 8.32. The van der Waals surface area contributed by atoms with Gasteiger partial charge in [-0.3, -0.25) is 14.4 Å². The summed E-state index contributed by atoms with van der Waals surface area (Å²) < 4.78 is 2.41. The predicted octanol–water partition coefficient (Wildman–Crippen LogP) is 7.66. The molecule has 4 heteroatoms. The number of benzene rings is 3. The average Bonchev–Trinajstić information content (AvgIpc) is 3.49. The molecule has 5 heterocycles. The number of hydrogen-bond donors (Lipinski definition) is 0. The van der Waals surface area contributed by atoms with Crippen molar-refractivity contribution in [3.05, 3.63) is 91.3 Å². The SMILES string of the molecule is c1ccc2cc3c(cc2c1)c1nccc2c4cc(-c5nccc6ccccc56)sc4n3c21. The van der Waals surface area contributed by atoms with E-state index in [1.807, 2.05) is 23.7 Å². The van der Waals surface area contributed by atoms with Crippen molar-refractivity contribution in [2.24, 2.45) is 0 Å². The third-order valence-corrected chi connectivity index (χ3v) is 7.75. The molecule has 32 heavy (non-hydrogen) atoms. The minimum Gasteiger partial charge on any atom is -0.298 e. The van der Waals surface area contributed by atoms with Crippen LogP contribution in [0.2, 0.25) is 0 Å². The van der Waals surface area contributed by atoms with Crippen molar-refractivity contribution in [3.8, 4) is 10.6 Å². The molecule has 3 nitrogen and oxygen atoms in total. The third kappa shape index (κ3) is 2.00. The fourth-order valence-corrected chi connectivity index (χ4v) is 6.41. The number of thiophene rings is 1. The van der Waals surface area contributed by atoms with Gasteiger partial charge in [0.05, 0.1) is 27.1 Å². The minimum absolute atomic E-state index is 1.05. The van der Waals surface area contributed by atoms with Gasteiger partial charge in [0, 0.05) is 33.9 Å². The Labute approximate surface area is 186 Å². The van der Waals surface area contributed by atoms with Gasteiger partial charge in [0.1, 0.15) is 4.83 Å². The first-order valence-electron chi connectivity index (χ1n) is 10.7. The van der Waals surface area contributed by atoms with E-state index in [4.69, 9.17) is 9.97 Å². The molecule has 8 rings (SSSR count). The normalized spacial score (nSPS) is 12.4. The predicted molar refractivity (Wildman–Crippen MR) is 135 cm³/mol. The van der Waals surface area contributed by atoms with Crippen LogP contribution in [0.5, 0.6) is 0 Å². The van der Waals surface area contributed by atoms with Crippen molar-refractivity contribution in [1.82, 2.24) is 14.4 Å². The molecule has 0 amide bonds. The van der Waals surface area contributed by atoms with E-state index in [0.29, 0.717) is 0 Å². The van der Waals surface area contributed by atoms with Crippen LogP contribution in [0.3, 0.4) is 0 Å². The number of pyridine rings is 2.